The van der Waals surface area contributed by atoms with Crippen molar-refractivity contribution >= 4 is 5.69 Å². The first-order valence-corrected chi connectivity index (χ1v) is 6.11. The largest absolute Gasteiger partial charge is 0.489 e. The van der Waals surface area contributed by atoms with Crippen LogP contribution in [0, 0.1) is 0 Å². The van der Waals surface area contributed by atoms with E-state index in [0.717, 1.165) is 23.7 Å². The van der Waals surface area contributed by atoms with Gasteiger partial charge in [-0.3, -0.25) is 0 Å². The number of imidazole rings is 1. The Labute approximate surface area is 108 Å². The van der Waals surface area contributed by atoms with Gasteiger partial charge in [0.1, 0.15) is 5.75 Å². The van der Waals surface area contributed by atoms with Crippen LogP contribution >= 0.6 is 0 Å². The molecule has 0 saturated heterocycles. The minimum absolute atomic E-state index is 0.171. The molecule has 4 heteroatoms. The number of aromatic nitrogens is 2. The molecule has 1 heterocycles. The van der Waals surface area contributed by atoms with Crippen LogP contribution in [0.15, 0.2) is 36.8 Å². The Morgan fingerprint density at radius 3 is 2.78 bits per heavy atom. The molecule has 0 unspecified atom stereocenters. The van der Waals surface area contributed by atoms with Crippen molar-refractivity contribution in [3.63, 3.8) is 0 Å². The molecule has 0 fully saturated rings. The molecule has 0 aliphatic rings. The Hall–Kier alpha value is -1.97. The van der Waals surface area contributed by atoms with Gasteiger partial charge < -0.3 is 14.6 Å². The minimum Gasteiger partial charge on any atom is -0.489 e. The second-order valence-electron chi connectivity index (χ2n) is 4.51. The van der Waals surface area contributed by atoms with E-state index in [4.69, 9.17) is 4.74 Å². The van der Waals surface area contributed by atoms with E-state index in [-0.39, 0.29) is 6.10 Å². The topological polar surface area (TPSA) is 39.1 Å². The zero-order chi connectivity index (χ0) is 13.0. The first kappa shape index (κ1) is 12.5. The first-order chi connectivity index (χ1) is 8.66. The van der Waals surface area contributed by atoms with Gasteiger partial charge in [0.2, 0.25) is 0 Å². The van der Waals surface area contributed by atoms with E-state index in [9.17, 15) is 0 Å². The van der Waals surface area contributed by atoms with Crippen molar-refractivity contribution in [1.29, 1.82) is 0 Å². The second-order valence-corrected chi connectivity index (χ2v) is 4.51. The lowest BCUT2D eigenvalue weighted by molar-refractivity contribution is 0.243. The van der Waals surface area contributed by atoms with Crippen molar-refractivity contribution in [2.45, 2.75) is 26.5 Å². The van der Waals surface area contributed by atoms with Gasteiger partial charge in [0.05, 0.1) is 30.4 Å². The third-order valence-electron chi connectivity index (χ3n) is 2.63. The van der Waals surface area contributed by atoms with Gasteiger partial charge in [0.25, 0.3) is 0 Å². The van der Waals surface area contributed by atoms with Crippen molar-refractivity contribution < 1.29 is 4.74 Å². The van der Waals surface area contributed by atoms with E-state index in [2.05, 4.69) is 10.3 Å². The highest BCUT2D eigenvalue weighted by Gasteiger charge is 2.05. The van der Waals surface area contributed by atoms with Gasteiger partial charge in [0, 0.05) is 13.2 Å². The molecule has 96 valence electrons. The summed E-state index contributed by atoms with van der Waals surface area (Å²) in [5.74, 6) is 0.884. The summed E-state index contributed by atoms with van der Waals surface area (Å²) < 4.78 is 7.76. The van der Waals surface area contributed by atoms with Gasteiger partial charge >= 0.3 is 0 Å². The fourth-order valence-electron chi connectivity index (χ4n) is 1.71. The van der Waals surface area contributed by atoms with Crippen molar-refractivity contribution in [2.75, 3.05) is 5.32 Å². The molecule has 2 rings (SSSR count). The van der Waals surface area contributed by atoms with Gasteiger partial charge in [-0.1, -0.05) is 12.1 Å². The first-order valence-electron chi connectivity index (χ1n) is 6.11. The lowest BCUT2D eigenvalue weighted by atomic mass is 10.3. The van der Waals surface area contributed by atoms with Crippen molar-refractivity contribution in [1.82, 2.24) is 9.55 Å². The third-order valence-corrected chi connectivity index (χ3v) is 2.63. The fraction of sp³-hybridized carbons (Fsp3) is 0.357. The van der Waals surface area contributed by atoms with Crippen LogP contribution in [0.25, 0.3) is 0 Å². The molecule has 0 saturated carbocycles. The van der Waals surface area contributed by atoms with E-state index >= 15 is 0 Å². The van der Waals surface area contributed by atoms with Gasteiger partial charge in [-0.15, -0.1) is 0 Å². The zero-order valence-electron chi connectivity index (χ0n) is 11.1. The molecule has 0 spiro atoms. The van der Waals surface area contributed by atoms with Gasteiger partial charge in [-0.25, -0.2) is 4.98 Å². The van der Waals surface area contributed by atoms with E-state index in [0.29, 0.717) is 0 Å². The lowest BCUT2D eigenvalue weighted by Crippen LogP contribution is -2.09. The summed E-state index contributed by atoms with van der Waals surface area (Å²) in [6.45, 7) is 4.78. The number of nitrogens with one attached hydrogen (secondary N) is 1. The summed E-state index contributed by atoms with van der Waals surface area (Å²) >= 11 is 0. The van der Waals surface area contributed by atoms with Crippen LogP contribution in [-0.2, 0) is 13.6 Å². The maximum atomic E-state index is 5.76. The summed E-state index contributed by atoms with van der Waals surface area (Å²) in [7, 11) is 1.99. The minimum atomic E-state index is 0.171. The number of hydrogen-bond acceptors (Lipinski definition) is 3. The molecule has 1 N–H and O–H groups in total. The average molecular weight is 245 g/mol. The molecule has 0 bridgehead atoms. The molecule has 0 aliphatic heterocycles. The second kappa shape index (κ2) is 5.58. The van der Waals surface area contributed by atoms with Crippen molar-refractivity contribution in [3.8, 4) is 5.75 Å². The van der Waals surface area contributed by atoms with E-state index < -0.39 is 0 Å². The molecule has 0 radical (unpaired) electrons. The summed E-state index contributed by atoms with van der Waals surface area (Å²) in [4.78, 5) is 4.10. The fourth-order valence-corrected chi connectivity index (χ4v) is 1.71. The molecule has 0 atom stereocenters. The number of nitrogens with zero attached hydrogens (tertiary/aromatic N) is 2. The van der Waals surface area contributed by atoms with E-state index in [1.807, 2.05) is 55.9 Å². The van der Waals surface area contributed by atoms with Crippen LogP contribution in [0.3, 0.4) is 0 Å². The standard InChI is InChI=1S/C14H19N3O/c1-11(2)18-14-7-5-4-6-13(14)16-9-12-8-15-10-17(12)3/h4-8,10-11,16H,9H2,1-3H3. The Kier molecular flexibility index (Phi) is 3.87. The van der Waals surface area contributed by atoms with Crippen LogP contribution in [0.5, 0.6) is 5.75 Å². The number of ether oxygens (including phenoxy) is 1. The maximum Gasteiger partial charge on any atom is 0.142 e. The van der Waals surface area contributed by atoms with Crippen LogP contribution in [0.2, 0.25) is 0 Å². The van der Waals surface area contributed by atoms with Crippen LogP contribution in [0.4, 0.5) is 5.69 Å². The molecule has 0 amide bonds. The molecule has 18 heavy (non-hydrogen) atoms. The summed E-state index contributed by atoms with van der Waals surface area (Å²) in [6, 6.07) is 7.98. The summed E-state index contributed by atoms with van der Waals surface area (Å²) in [5.41, 5.74) is 2.14. The summed E-state index contributed by atoms with van der Waals surface area (Å²) in [5, 5.41) is 3.38. The number of hydrogen-bond donors (Lipinski definition) is 1. The van der Waals surface area contributed by atoms with E-state index in [1.165, 1.54) is 0 Å². The normalized spacial score (nSPS) is 10.7. The molecular weight excluding hydrogens is 226 g/mol. The lowest BCUT2D eigenvalue weighted by Gasteiger charge is -2.15. The molecule has 1 aromatic carbocycles. The predicted molar refractivity (Wildman–Crippen MR) is 72.7 cm³/mol. The maximum absolute atomic E-state index is 5.76. The zero-order valence-corrected chi connectivity index (χ0v) is 11.1. The van der Waals surface area contributed by atoms with Crippen molar-refractivity contribution in [2.24, 2.45) is 7.05 Å². The number of para-hydroxylation sites is 2. The van der Waals surface area contributed by atoms with E-state index in [1.54, 1.807) is 6.33 Å². The van der Waals surface area contributed by atoms with Crippen LogP contribution < -0.4 is 10.1 Å². The number of anilines is 1. The smallest absolute Gasteiger partial charge is 0.142 e. The highest BCUT2D eigenvalue weighted by Crippen LogP contribution is 2.25. The molecular formula is C14H19N3O. The Morgan fingerprint density at radius 1 is 1.33 bits per heavy atom. The van der Waals surface area contributed by atoms with Crippen molar-refractivity contribution in [3.05, 3.63) is 42.5 Å². The SMILES string of the molecule is CC(C)Oc1ccccc1NCc1cncn1C. The van der Waals surface area contributed by atoms with Gasteiger partial charge in [-0.05, 0) is 26.0 Å². The Balaban J connectivity index is 2.07. The number of benzene rings is 1. The predicted octanol–water partition coefficient (Wildman–Crippen LogP) is 2.82. The number of aryl methyl sites for hydroxylation is 1. The average Bonchev–Trinajstić information content (AvgIpc) is 2.73. The highest BCUT2D eigenvalue weighted by atomic mass is 16.5. The van der Waals surface area contributed by atoms with Gasteiger partial charge in [0.15, 0.2) is 0 Å². The monoisotopic (exact) mass is 245 g/mol. The molecule has 1 aromatic heterocycles. The highest BCUT2D eigenvalue weighted by molar-refractivity contribution is 5.56. The quantitative estimate of drug-likeness (QED) is 0.880. The summed E-state index contributed by atoms with van der Waals surface area (Å²) in [6.07, 6.45) is 3.83. The number of rotatable bonds is 5. The molecule has 4 nitrogen and oxygen atoms in total. The third kappa shape index (κ3) is 3.03. The van der Waals surface area contributed by atoms with Crippen LogP contribution in [-0.4, -0.2) is 15.7 Å². The van der Waals surface area contributed by atoms with Gasteiger partial charge in [-0.2, -0.15) is 0 Å². The Bertz CT molecular complexity index is 505. The Morgan fingerprint density at radius 2 is 2.11 bits per heavy atom. The molecule has 0 aliphatic carbocycles. The van der Waals surface area contributed by atoms with Crippen LogP contribution in [0.1, 0.15) is 19.5 Å². The molecule has 2 aromatic rings.